The maximum atomic E-state index is 12.4. The minimum Gasteiger partial charge on any atom is -0.427 e. The molecular weight excluding hydrogens is 506 g/mol. The highest BCUT2D eigenvalue weighted by molar-refractivity contribution is 6.04. The van der Waals surface area contributed by atoms with Gasteiger partial charge >= 0.3 is 5.97 Å². The van der Waals surface area contributed by atoms with Crippen LogP contribution in [0.1, 0.15) is 75.1 Å². The molecule has 1 aliphatic rings. The first kappa shape index (κ1) is 31.0. The molecule has 214 valence electrons. The van der Waals surface area contributed by atoms with E-state index in [-0.39, 0.29) is 42.3 Å². The van der Waals surface area contributed by atoms with Crippen LogP contribution in [0.5, 0.6) is 5.75 Å². The first-order valence-electron chi connectivity index (χ1n) is 14.3. The summed E-state index contributed by atoms with van der Waals surface area (Å²) in [5.74, 6) is -0.684. The summed E-state index contributed by atoms with van der Waals surface area (Å²) in [4.78, 5) is 36.9. The van der Waals surface area contributed by atoms with Gasteiger partial charge in [-0.3, -0.25) is 14.4 Å². The predicted molar refractivity (Wildman–Crippen MR) is 156 cm³/mol. The van der Waals surface area contributed by atoms with Crippen LogP contribution in [0.3, 0.4) is 0 Å². The molecule has 3 rings (SSSR count). The van der Waals surface area contributed by atoms with Crippen molar-refractivity contribution >= 4 is 23.3 Å². The Labute approximate surface area is 237 Å². The fourth-order valence-corrected chi connectivity index (χ4v) is 4.79. The largest absolute Gasteiger partial charge is 0.427 e. The van der Waals surface area contributed by atoms with Gasteiger partial charge in [-0.05, 0) is 62.1 Å². The van der Waals surface area contributed by atoms with E-state index in [0.29, 0.717) is 42.7 Å². The van der Waals surface area contributed by atoms with Crippen molar-refractivity contribution in [2.24, 2.45) is 11.8 Å². The molecule has 7 nitrogen and oxygen atoms in total. The van der Waals surface area contributed by atoms with E-state index in [0.717, 1.165) is 19.3 Å². The zero-order valence-electron chi connectivity index (χ0n) is 23.2. The Morgan fingerprint density at radius 2 is 1.80 bits per heavy atom. The summed E-state index contributed by atoms with van der Waals surface area (Å²) >= 11 is 0. The molecule has 0 heterocycles. The number of amides is 1. The number of allylic oxidation sites excluding steroid dienone is 2. The number of ketones is 1. The molecule has 1 amide bonds. The molecule has 0 saturated heterocycles. The lowest BCUT2D eigenvalue weighted by Gasteiger charge is -2.16. The van der Waals surface area contributed by atoms with Gasteiger partial charge in [0.15, 0.2) is 0 Å². The number of carbonyl (C=O) groups is 3. The average Bonchev–Trinajstić information content (AvgIpc) is 3.22. The number of hydrogen-bond acceptors (Lipinski definition) is 6. The van der Waals surface area contributed by atoms with E-state index in [9.17, 15) is 24.6 Å². The number of ether oxygens (including phenoxy) is 1. The monoisotopic (exact) mass is 547 g/mol. The predicted octanol–water partition coefficient (Wildman–Crippen LogP) is 6.02. The van der Waals surface area contributed by atoms with Crippen LogP contribution in [0.15, 0.2) is 78.9 Å². The second-order valence-corrected chi connectivity index (χ2v) is 10.3. The Bertz CT molecular complexity index is 1140. The highest BCUT2D eigenvalue weighted by Gasteiger charge is 2.39. The first-order valence-corrected chi connectivity index (χ1v) is 14.3. The topological polar surface area (TPSA) is 113 Å². The number of Topliss-reactive ketones (excluding diaryl/α,β-unsaturated/α-hetero) is 1. The van der Waals surface area contributed by atoms with Gasteiger partial charge in [0.1, 0.15) is 11.5 Å². The summed E-state index contributed by atoms with van der Waals surface area (Å²) in [6.07, 6.45) is 12.1. The van der Waals surface area contributed by atoms with Gasteiger partial charge < -0.3 is 20.3 Å². The molecule has 2 aromatic carbocycles. The lowest BCUT2D eigenvalue weighted by Crippen LogP contribution is -2.18. The Balaban J connectivity index is 1.36. The smallest absolute Gasteiger partial charge is 0.311 e. The van der Waals surface area contributed by atoms with Crippen molar-refractivity contribution in [3.05, 3.63) is 84.5 Å². The molecular formula is C33H41NO6. The molecule has 0 radical (unpaired) electrons. The van der Waals surface area contributed by atoms with Gasteiger partial charge in [0.2, 0.25) is 0 Å². The van der Waals surface area contributed by atoms with Crippen molar-refractivity contribution in [1.82, 2.24) is 0 Å². The number of unbranched alkanes of at least 4 members (excludes halogenated alkanes) is 3. The highest BCUT2D eigenvalue weighted by Crippen LogP contribution is 2.33. The maximum absolute atomic E-state index is 12.4. The molecule has 0 aliphatic heterocycles. The highest BCUT2D eigenvalue weighted by atomic mass is 16.5. The van der Waals surface area contributed by atoms with Crippen LogP contribution in [0.25, 0.3) is 0 Å². The number of benzene rings is 2. The summed E-state index contributed by atoms with van der Waals surface area (Å²) in [6.45, 7) is 2.12. The lowest BCUT2D eigenvalue weighted by atomic mass is 9.90. The normalized spacial score (nSPS) is 19.8. The summed E-state index contributed by atoms with van der Waals surface area (Å²) in [7, 11) is 0. The minimum absolute atomic E-state index is 0.0431. The molecule has 0 spiro atoms. The van der Waals surface area contributed by atoms with Crippen molar-refractivity contribution in [2.45, 2.75) is 76.9 Å². The average molecular weight is 548 g/mol. The van der Waals surface area contributed by atoms with Crippen LogP contribution in [0.2, 0.25) is 0 Å². The van der Waals surface area contributed by atoms with E-state index >= 15 is 0 Å². The number of nitrogens with one attached hydrogen (secondary N) is 1. The second-order valence-electron chi connectivity index (χ2n) is 10.3. The van der Waals surface area contributed by atoms with Gasteiger partial charge in [-0.1, -0.05) is 68.7 Å². The van der Waals surface area contributed by atoms with Crippen molar-refractivity contribution in [2.75, 3.05) is 5.32 Å². The Morgan fingerprint density at radius 3 is 2.52 bits per heavy atom. The molecule has 7 heteroatoms. The Kier molecular flexibility index (Phi) is 12.8. The fourth-order valence-electron chi connectivity index (χ4n) is 4.79. The molecule has 0 aromatic heterocycles. The van der Waals surface area contributed by atoms with Crippen molar-refractivity contribution < 1.29 is 29.3 Å². The molecule has 1 fully saturated rings. The van der Waals surface area contributed by atoms with Crippen LogP contribution in [-0.2, 0) is 9.59 Å². The standard InChI is InChI=1S/C33H41NO6/c1-2-3-7-14-26(35)19-22-29-28(30(36)23-31(29)37)15-10-4-5-11-16-32(38)40-27-20-17-25(18-21-27)34-33(39)24-12-8-6-9-13-24/h4,6,8-10,12-13,17-22,26,28-29,31,35,37H,2-3,5,7,11,14-16,23H2,1H3,(H,34,39)/b10-4-,22-19+/t26?,28-,29-,31?/m1/s1. The molecule has 1 aliphatic carbocycles. The first-order chi connectivity index (χ1) is 19.4. The molecule has 3 N–H and O–H groups in total. The quantitative estimate of drug-likeness (QED) is 0.109. The van der Waals surface area contributed by atoms with E-state index in [4.69, 9.17) is 4.74 Å². The minimum atomic E-state index is -0.714. The van der Waals surface area contributed by atoms with E-state index in [1.165, 1.54) is 0 Å². The van der Waals surface area contributed by atoms with Crippen molar-refractivity contribution in [1.29, 1.82) is 0 Å². The molecule has 2 unspecified atom stereocenters. The molecule has 2 aromatic rings. The van der Waals surface area contributed by atoms with Gasteiger partial charge in [-0.15, -0.1) is 0 Å². The van der Waals surface area contributed by atoms with E-state index in [1.807, 2.05) is 24.3 Å². The third-order valence-electron chi connectivity index (χ3n) is 7.08. The molecule has 1 saturated carbocycles. The number of aliphatic hydroxyl groups excluding tert-OH is 2. The number of esters is 1. The van der Waals surface area contributed by atoms with Crippen molar-refractivity contribution in [3.63, 3.8) is 0 Å². The summed E-state index contributed by atoms with van der Waals surface area (Å²) < 4.78 is 5.39. The summed E-state index contributed by atoms with van der Waals surface area (Å²) in [5.41, 5.74) is 1.16. The number of hydrogen-bond donors (Lipinski definition) is 3. The number of aliphatic hydroxyl groups is 2. The number of anilines is 1. The van der Waals surface area contributed by atoms with Crippen LogP contribution < -0.4 is 10.1 Å². The third-order valence-corrected chi connectivity index (χ3v) is 7.08. The van der Waals surface area contributed by atoms with Gasteiger partial charge in [0.25, 0.3) is 5.91 Å². The number of rotatable bonds is 15. The van der Waals surface area contributed by atoms with E-state index < -0.39 is 12.2 Å². The Morgan fingerprint density at radius 1 is 1.05 bits per heavy atom. The zero-order valence-corrected chi connectivity index (χ0v) is 23.2. The van der Waals surface area contributed by atoms with E-state index in [2.05, 4.69) is 12.2 Å². The second kappa shape index (κ2) is 16.5. The molecule has 40 heavy (non-hydrogen) atoms. The summed E-state index contributed by atoms with van der Waals surface area (Å²) in [6, 6.07) is 15.6. The van der Waals surface area contributed by atoms with Crippen LogP contribution >= 0.6 is 0 Å². The maximum Gasteiger partial charge on any atom is 0.311 e. The van der Waals surface area contributed by atoms with Gasteiger partial charge in [-0.2, -0.15) is 0 Å². The van der Waals surface area contributed by atoms with Crippen LogP contribution in [-0.4, -0.2) is 40.1 Å². The SMILES string of the molecule is CCCCCC(O)/C=C/[C@H]1C(O)CC(=O)[C@@H]1C/C=C\CCCC(=O)Oc1ccc(NC(=O)c2ccccc2)cc1. The van der Waals surface area contributed by atoms with Crippen LogP contribution in [0, 0.1) is 11.8 Å². The van der Waals surface area contributed by atoms with Crippen LogP contribution in [0.4, 0.5) is 5.69 Å². The molecule has 0 bridgehead atoms. The Hall–Kier alpha value is -3.55. The number of carbonyl (C=O) groups excluding carboxylic acids is 3. The van der Waals surface area contributed by atoms with Crippen molar-refractivity contribution in [3.8, 4) is 5.75 Å². The third kappa shape index (κ3) is 10.2. The lowest BCUT2D eigenvalue weighted by molar-refractivity contribution is -0.134. The zero-order chi connectivity index (χ0) is 28.7. The molecule has 4 atom stereocenters. The van der Waals surface area contributed by atoms with Gasteiger partial charge in [-0.25, -0.2) is 0 Å². The van der Waals surface area contributed by atoms with Gasteiger partial charge in [0.05, 0.1) is 12.2 Å². The van der Waals surface area contributed by atoms with E-state index in [1.54, 1.807) is 54.6 Å². The summed E-state index contributed by atoms with van der Waals surface area (Å²) in [5, 5.41) is 23.3. The fraction of sp³-hybridized carbons (Fsp3) is 0.424. The van der Waals surface area contributed by atoms with Gasteiger partial charge in [0, 0.05) is 35.9 Å².